The van der Waals surface area contributed by atoms with Crippen molar-refractivity contribution in [1.82, 2.24) is 5.32 Å². The zero-order valence-corrected chi connectivity index (χ0v) is 12.5. The number of aliphatic carboxylic acids is 1. The molecule has 1 aromatic rings. The number of nitro benzene ring substituents is 1. The summed E-state index contributed by atoms with van der Waals surface area (Å²) in [7, 11) is 0. The Balaban J connectivity index is 2.28. The van der Waals surface area contributed by atoms with Crippen LogP contribution in [0.25, 0.3) is 0 Å². The van der Waals surface area contributed by atoms with Gasteiger partial charge in [0.05, 0.1) is 16.4 Å². The van der Waals surface area contributed by atoms with Crippen molar-refractivity contribution >= 4 is 29.3 Å². The van der Waals surface area contributed by atoms with Crippen LogP contribution in [0.1, 0.15) is 16.8 Å². The van der Waals surface area contributed by atoms with Crippen molar-refractivity contribution in [2.24, 2.45) is 0 Å². The van der Waals surface area contributed by atoms with Crippen LogP contribution in [-0.2, 0) is 9.53 Å². The van der Waals surface area contributed by atoms with Gasteiger partial charge in [0.15, 0.2) is 5.54 Å². The van der Waals surface area contributed by atoms with Gasteiger partial charge in [-0.05, 0) is 18.4 Å². The highest BCUT2D eigenvalue weighted by Crippen LogP contribution is 2.28. The van der Waals surface area contributed by atoms with E-state index in [0.29, 0.717) is 4.90 Å². The van der Waals surface area contributed by atoms with E-state index in [1.165, 1.54) is 23.9 Å². The Morgan fingerprint density at radius 2 is 2.23 bits per heavy atom. The average Bonchev–Trinajstić information content (AvgIpc) is 2.96. The Bertz CT molecular complexity index is 627. The zero-order chi connectivity index (χ0) is 16.3. The monoisotopic (exact) mass is 326 g/mol. The minimum absolute atomic E-state index is 0.0389. The van der Waals surface area contributed by atoms with Gasteiger partial charge in [-0.1, -0.05) is 0 Å². The van der Waals surface area contributed by atoms with Crippen molar-refractivity contribution in [3.8, 4) is 0 Å². The van der Waals surface area contributed by atoms with Gasteiger partial charge in [0.25, 0.3) is 11.6 Å². The first-order chi connectivity index (χ1) is 10.4. The van der Waals surface area contributed by atoms with E-state index in [-0.39, 0.29) is 30.9 Å². The topological polar surface area (TPSA) is 119 Å². The Morgan fingerprint density at radius 1 is 1.50 bits per heavy atom. The average molecular weight is 326 g/mol. The van der Waals surface area contributed by atoms with Gasteiger partial charge in [-0.15, -0.1) is 11.8 Å². The summed E-state index contributed by atoms with van der Waals surface area (Å²) in [5.41, 5.74) is -1.63. The Morgan fingerprint density at radius 3 is 2.73 bits per heavy atom. The predicted molar refractivity (Wildman–Crippen MR) is 78.1 cm³/mol. The third-order valence-corrected chi connectivity index (χ3v) is 4.21. The molecule has 8 nitrogen and oxygen atoms in total. The third-order valence-electron chi connectivity index (χ3n) is 3.42. The fourth-order valence-corrected chi connectivity index (χ4v) is 2.70. The smallest absolute Gasteiger partial charge is 0.331 e. The van der Waals surface area contributed by atoms with E-state index in [9.17, 15) is 24.8 Å². The minimum Gasteiger partial charge on any atom is -0.479 e. The van der Waals surface area contributed by atoms with Crippen LogP contribution in [0.15, 0.2) is 23.1 Å². The molecule has 2 rings (SSSR count). The molecule has 1 fully saturated rings. The highest BCUT2D eigenvalue weighted by Gasteiger charge is 2.44. The molecule has 22 heavy (non-hydrogen) atoms. The summed E-state index contributed by atoms with van der Waals surface area (Å²) < 4.78 is 5.05. The molecule has 1 saturated heterocycles. The van der Waals surface area contributed by atoms with Gasteiger partial charge in [-0.3, -0.25) is 14.9 Å². The van der Waals surface area contributed by atoms with Crippen molar-refractivity contribution in [3.63, 3.8) is 0 Å². The van der Waals surface area contributed by atoms with Crippen molar-refractivity contribution in [2.45, 2.75) is 16.9 Å². The number of carbonyl (C=O) groups is 2. The lowest BCUT2D eigenvalue weighted by molar-refractivity contribution is -0.387. The largest absolute Gasteiger partial charge is 0.479 e. The second-order valence-electron chi connectivity index (χ2n) is 4.79. The third kappa shape index (κ3) is 3.04. The van der Waals surface area contributed by atoms with E-state index in [0.717, 1.165) is 6.07 Å². The number of benzene rings is 1. The molecule has 1 aromatic carbocycles. The first-order valence-corrected chi connectivity index (χ1v) is 7.58. The van der Waals surface area contributed by atoms with Gasteiger partial charge >= 0.3 is 5.97 Å². The first kappa shape index (κ1) is 16.2. The van der Waals surface area contributed by atoms with Crippen molar-refractivity contribution in [3.05, 3.63) is 33.9 Å². The zero-order valence-electron chi connectivity index (χ0n) is 11.7. The molecule has 0 saturated carbocycles. The minimum atomic E-state index is -1.48. The summed E-state index contributed by atoms with van der Waals surface area (Å²) in [6.45, 7) is 0.108. The van der Waals surface area contributed by atoms with Crippen LogP contribution < -0.4 is 5.32 Å². The molecule has 118 valence electrons. The maximum Gasteiger partial charge on any atom is 0.331 e. The van der Waals surface area contributed by atoms with Crippen LogP contribution in [0.2, 0.25) is 0 Å². The summed E-state index contributed by atoms with van der Waals surface area (Å²) in [6.07, 6.45) is 1.84. The molecule has 1 aliphatic heterocycles. The lowest BCUT2D eigenvalue weighted by Crippen LogP contribution is -2.55. The van der Waals surface area contributed by atoms with Gasteiger partial charge in [-0.25, -0.2) is 4.79 Å². The second-order valence-corrected chi connectivity index (χ2v) is 5.64. The summed E-state index contributed by atoms with van der Waals surface area (Å²) in [5.74, 6) is -1.86. The number of nitrogens with one attached hydrogen (secondary N) is 1. The van der Waals surface area contributed by atoms with Crippen molar-refractivity contribution < 1.29 is 24.4 Å². The number of amides is 1. The van der Waals surface area contributed by atoms with E-state index >= 15 is 0 Å². The van der Waals surface area contributed by atoms with Crippen LogP contribution in [0, 0.1) is 10.1 Å². The maximum atomic E-state index is 12.2. The molecular weight excluding hydrogens is 312 g/mol. The van der Waals surface area contributed by atoms with E-state index in [1.807, 2.05) is 0 Å². The van der Waals surface area contributed by atoms with E-state index in [1.54, 1.807) is 6.26 Å². The molecule has 1 atom stereocenters. The predicted octanol–water partition coefficient (Wildman–Crippen LogP) is 1.29. The summed E-state index contributed by atoms with van der Waals surface area (Å²) >= 11 is 1.19. The molecule has 0 aromatic heterocycles. The van der Waals surface area contributed by atoms with Crippen LogP contribution in [0.4, 0.5) is 5.69 Å². The molecule has 1 unspecified atom stereocenters. The summed E-state index contributed by atoms with van der Waals surface area (Å²) in [5, 5.41) is 22.7. The van der Waals surface area contributed by atoms with Crippen LogP contribution in [0.3, 0.4) is 0 Å². The van der Waals surface area contributed by atoms with Crippen LogP contribution >= 0.6 is 11.8 Å². The van der Waals surface area contributed by atoms with Crippen molar-refractivity contribution in [1.29, 1.82) is 0 Å². The maximum absolute atomic E-state index is 12.2. The lowest BCUT2D eigenvalue weighted by Gasteiger charge is -2.23. The number of ether oxygens (including phenoxy) is 1. The molecule has 0 aliphatic carbocycles. The highest BCUT2D eigenvalue weighted by molar-refractivity contribution is 7.98. The quantitative estimate of drug-likeness (QED) is 0.475. The molecular formula is C13H14N2O6S. The van der Waals surface area contributed by atoms with Gasteiger partial charge in [-0.2, -0.15) is 0 Å². The summed E-state index contributed by atoms with van der Waals surface area (Å²) in [4.78, 5) is 34.5. The van der Waals surface area contributed by atoms with Gasteiger partial charge < -0.3 is 15.2 Å². The van der Waals surface area contributed by atoms with E-state index < -0.39 is 22.3 Å². The standard InChI is InChI=1S/C13H14N2O6S/c1-22-10-3-2-8(6-9(10)15(19)20)11(16)14-13(12(17)18)4-5-21-7-13/h2-3,6H,4-5,7H2,1H3,(H,14,16)(H,17,18). The van der Waals surface area contributed by atoms with E-state index in [2.05, 4.69) is 5.32 Å². The SMILES string of the molecule is CSc1ccc(C(=O)NC2(C(=O)O)CCOC2)cc1[N+](=O)[O-]. The van der Waals surface area contributed by atoms with Gasteiger partial charge in [0.1, 0.15) is 0 Å². The summed E-state index contributed by atoms with van der Waals surface area (Å²) in [6, 6.07) is 4.04. The second kappa shape index (κ2) is 6.32. The van der Waals surface area contributed by atoms with Crippen LogP contribution in [0.5, 0.6) is 0 Å². The number of nitro groups is 1. The molecule has 2 N–H and O–H groups in total. The number of nitrogens with zero attached hydrogens (tertiary/aromatic N) is 1. The fraction of sp³-hybridized carbons (Fsp3) is 0.385. The lowest BCUT2D eigenvalue weighted by atomic mass is 9.98. The first-order valence-electron chi connectivity index (χ1n) is 6.36. The fourth-order valence-electron chi connectivity index (χ4n) is 2.15. The number of carboxylic acid groups (broad SMARTS) is 1. The molecule has 1 aliphatic rings. The molecule has 0 spiro atoms. The number of carboxylic acids is 1. The molecule has 9 heteroatoms. The van der Waals surface area contributed by atoms with Gasteiger partial charge in [0, 0.05) is 24.7 Å². The number of carbonyl (C=O) groups excluding carboxylic acids is 1. The Hall–Kier alpha value is -2.13. The number of thioether (sulfide) groups is 1. The molecule has 0 radical (unpaired) electrons. The van der Waals surface area contributed by atoms with E-state index in [4.69, 9.17) is 4.74 Å². The highest BCUT2D eigenvalue weighted by atomic mass is 32.2. The Kier molecular flexibility index (Phi) is 4.67. The number of hydrogen-bond donors (Lipinski definition) is 2. The number of hydrogen-bond acceptors (Lipinski definition) is 6. The Labute approximate surface area is 130 Å². The van der Waals surface area contributed by atoms with Crippen molar-refractivity contribution in [2.75, 3.05) is 19.5 Å². The molecule has 1 amide bonds. The number of rotatable bonds is 5. The van der Waals surface area contributed by atoms with Gasteiger partial charge in [0.2, 0.25) is 0 Å². The van der Waals surface area contributed by atoms with Crippen LogP contribution in [-0.4, -0.2) is 46.9 Å². The molecule has 1 heterocycles. The normalized spacial score (nSPS) is 20.6. The molecule has 0 bridgehead atoms.